The molecule has 0 aromatic carbocycles. The molecule has 3 heterocycles. The molecule has 3 aliphatic heterocycles. The fourth-order valence-electron chi connectivity index (χ4n) is 3.04. The summed E-state index contributed by atoms with van der Waals surface area (Å²) in [5.74, 6) is 0. The Kier molecular flexibility index (Phi) is 2.95. The van der Waals surface area contributed by atoms with Crippen LogP contribution in [-0.2, 0) is 4.74 Å². The van der Waals surface area contributed by atoms with Gasteiger partial charge in [0.25, 0.3) is 0 Å². The van der Waals surface area contributed by atoms with Crippen molar-refractivity contribution in [3.63, 3.8) is 0 Å². The maximum Gasteiger partial charge on any atom is 0.0936 e. The lowest BCUT2D eigenvalue weighted by atomic mass is 10.0. The van der Waals surface area contributed by atoms with Crippen LogP contribution >= 0.6 is 0 Å². The van der Waals surface area contributed by atoms with Gasteiger partial charge in [0, 0.05) is 12.6 Å². The molecule has 0 spiro atoms. The first-order valence-corrected chi connectivity index (χ1v) is 6.50. The number of hydrogen-bond acceptors (Lipinski definition) is 3. The average Bonchev–Trinajstić information content (AvgIpc) is 2.92. The van der Waals surface area contributed by atoms with E-state index in [9.17, 15) is 0 Å². The van der Waals surface area contributed by atoms with Gasteiger partial charge in [0.15, 0.2) is 0 Å². The lowest BCUT2D eigenvalue weighted by molar-refractivity contribution is 0.121. The van der Waals surface area contributed by atoms with Crippen LogP contribution in [-0.4, -0.2) is 61.3 Å². The molecule has 15 heavy (non-hydrogen) atoms. The van der Waals surface area contributed by atoms with Crippen LogP contribution in [0.3, 0.4) is 0 Å². The smallest absolute Gasteiger partial charge is 0.0936 e. The van der Waals surface area contributed by atoms with Crippen LogP contribution in [0.15, 0.2) is 0 Å². The highest BCUT2D eigenvalue weighted by molar-refractivity contribution is 4.84. The summed E-state index contributed by atoms with van der Waals surface area (Å²) >= 11 is 0. The van der Waals surface area contributed by atoms with Crippen molar-refractivity contribution in [3.8, 4) is 0 Å². The maximum absolute atomic E-state index is 5.29. The van der Waals surface area contributed by atoms with Crippen LogP contribution in [0.2, 0.25) is 0 Å². The van der Waals surface area contributed by atoms with E-state index < -0.39 is 0 Å². The van der Waals surface area contributed by atoms with Crippen LogP contribution in [0.5, 0.6) is 0 Å². The first kappa shape index (κ1) is 10.1. The van der Waals surface area contributed by atoms with Gasteiger partial charge in [-0.2, -0.15) is 0 Å². The Morgan fingerprint density at radius 2 is 1.67 bits per heavy atom. The van der Waals surface area contributed by atoms with Crippen molar-refractivity contribution in [1.82, 2.24) is 9.80 Å². The third-order valence-electron chi connectivity index (χ3n) is 4.08. The predicted octanol–water partition coefficient (Wildman–Crippen LogP) is 0.945. The monoisotopic (exact) mass is 210 g/mol. The third kappa shape index (κ3) is 2.52. The number of nitrogens with zero attached hydrogens (tertiary/aromatic N) is 2. The van der Waals surface area contributed by atoms with Gasteiger partial charge in [-0.15, -0.1) is 0 Å². The first-order chi connectivity index (χ1) is 7.42. The molecule has 0 saturated carbocycles. The van der Waals surface area contributed by atoms with E-state index >= 15 is 0 Å². The van der Waals surface area contributed by atoms with Crippen molar-refractivity contribution >= 4 is 0 Å². The van der Waals surface area contributed by atoms with Gasteiger partial charge in [0.05, 0.1) is 12.7 Å². The quantitative estimate of drug-likeness (QED) is 0.646. The third-order valence-corrected chi connectivity index (χ3v) is 4.08. The normalized spacial score (nSPS) is 34.8. The summed E-state index contributed by atoms with van der Waals surface area (Å²) in [6.07, 6.45) is 6.19. The van der Waals surface area contributed by atoms with Crippen molar-refractivity contribution in [1.29, 1.82) is 0 Å². The Labute approximate surface area is 92.4 Å². The molecular weight excluding hydrogens is 188 g/mol. The van der Waals surface area contributed by atoms with Crippen molar-refractivity contribution in [3.05, 3.63) is 0 Å². The lowest BCUT2D eigenvalue weighted by Gasteiger charge is -2.36. The van der Waals surface area contributed by atoms with E-state index in [0.29, 0.717) is 6.10 Å². The summed E-state index contributed by atoms with van der Waals surface area (Å²) in [6.45, 7) is 7.49. The lowest BCUT2D eigenvalue weighted by Crippen LogP contribution is -2.44. The molecule has 3 nitrogen and oxygen atoms in total. The molecule has 0 radical (unpaired) electrons. The second kappa shape index (κ2) is 4.40. The molecule has 3 aliphatic rings. The van der Waals surface area contributed by atoms with Crippen LogP contribution in [0.25, 0.3) is 0 Å². The Morgan fingerprint density at radius 1 is 1.00 bits per heavy atom. The molecule has 0 amide bonds. The van der Waals surface area contributed by atoms with E-state index in [4.69, 9.17) is 4.74 Å². The van der Waals surface area contributed by atoms with Crippen LogP contribution in [0.1, 0.15) is 25.7 Å². The molecule has 3 rings (SSSR count). The van der Waals surface area contributed by atoms with Gasteiger partial charge in [-0.1, -0.05) is 0 Å². The van der Waals surface area contributed by atoms with E-state index in [0.717, 1.165) is 12.6 Å². The number of ether oxygens (including phenoxy) is 1. The summed E-state index contributed by atoms with van der Waals surface area (Å²) in [5.41, 5.74) is 0. The second-order valence-electron chi connectivity index (χ2n) is 5.23. The SMILES string of the molecule is C1CCN(C2CCN(CC3CO3)CC2)C1. The molecule has 0 N–H and O–H groups in total. The van der Waals surface area contributed by atoms with Gasteiger partial charge in [-0.05, 0) is 51.9 Å². The molecule has 86 valence electrons. The average molecular weight is 210 g/mol. The molecule has 1 atom stereocenters. The van der Waals surface area contributed by atoms with E-state index in [-0.39, 0.29) is 0 Å². The number of piperidine rings is 1. The topological polar surface area (TPSA) is 19.0 Å². The van der Waals surface area contributed by atoms with Gasteiger partial charge in [-0.25, -0.2) is 0 Å². The molecule has 3 fully saturated rings. The molecule has 3 heteroatoms. The molecule has 0 aliphatic carbocycles. The molecule has 3 saturated heterocycles. The Balaban J connectivity index is 1.42. The standard InChI is InChI=1S/C12H22N2O/c1-2-6-14(5-1)11-3-7-13(8-4-11)9-12-10-15-12/h11-12H,1-10H2. The van der Waals surface area contributed by atoms with Crippen LogP contribution < -0.4 is 0 Å². The van der Waals surface area contributed by atoms with Crippen LogP contribution in [0.4, 0.5) is 0 Å². The van der Waals surface area contributed by atoms with Gasteiger partial charge in [-0.3, -0.25) is 0 Å². The first-order valence-electron chi connectivity index (χ1n) is 6.50. The minimum Gasteiger partial charge on any atom is -0.372 e. The highest BCUT2D eigenvalue weighted by atomic mass is 16.6. The summed E-state index contributed by atoms with van der Waals surface area (Å²) in [6, 6.07) is 0.892. The van der Waals surface area contributed by atoms with Gasteiger partial charge in [0.1, 0.15) is 0 Å². The molecule has 1 unspecified atom stereocenters. The summed E-state index contributed by atoms with van der Waals surface area (Å²) < 4.78 is 5.29. The van der Waals surface area contributed by atoms with Crippen molar-refractivity contribution in [2.24, 2.45) is 0 Å². The van der Waals surface area contributed by atoms with E-state index in [1.54, 1.807) is 0 Å². The largest absolute Gasteiger partial charge is 0.372 e. The highest BCUT2D eigenvalue weighted by Crippen LogP contribution is 2.22. The Bertz CT molecular complexity index is 204. The van der Waals surface area contributed by atoms with Gasteiger partial charge >= 0.3 is 0 Å². The summed E-state index contributed by atoms with van der Waals surface area (Å²) in [4.78, 5) is 5.30. The Morgan fingerprint density at radius 3 is 2.27 bits per heavy atom. The summed E-state index contributed by atoms with van der Waals surface area (Å²) in [7, 11) is 0. The summed E-state index contributed by atoms with van der Waals surface area (Å²) in [5, 5.41) is 0. The van der Waals surface area contributed by atoms with Crippen molar-refractivity contribution in [2.75, 3.05) is 39.3 Å². The zero-order chi connectivity index (χ0) is 10.1. The molecule has 0 aromatic heterocycles. The van der Waals surface area contributed by atoms with Crippen LogP contribution in [0, 0.1) is 0 Å². The maximum atomic E-state index is 5.29. The second-order valence-corrected chi connectivity index (χ2v) is 5.23. The molecular formula is C12H22N2O. The van der Waals surface area contributed by atoms with E-state index in [1.807, 2.05) is 0 Å². The number of likely N-dealkylation sites (tertiary alicyclic amines) is 2. The Hall–Kier alpha value is -0.120. The predicted molar refractivity (Wildman–Crippen MR) is 60.0 cm³/mol. The van der Waals surface area contributed by atoms with E-state index in [1.165, 1.54) is 58.4 Å². The van der Waals surface area contributed by atoms with Gasteiger partial charge in [0.2, 0.25) is 0 Å². The van der Waals surface area contributed by atoms with Gasteiger partial charge < -0.3 is 14.5 Å². The fraction of sp³-hybridized carbons (Fsp3) is 1.00. The highest BCUT2D eigenvalue weighted by Gasteiger charge is 2.30. The minimum absolute atomic E-state index is 0.577. The fourth-order valence-corrected chi connectivity index (χ4v) is 3.04. The molecule has 0 aromatic rings. The number of rotatable bonds is 3. The zero-order valence-corrected chi connectivity index (χ0v) is 9.53. The minimum atomic E-state index is 0.577. The van der Waals surface area contributed by atoms with E-state index in [2.05, 4.69) is 9.80 Å². The number of epoxide rings is 1. The zero-order valence-electron chi connectivity index (χ0n) is 9.53. The number of hydrogen-bond donors (Lipinski definition) is 0. The molecule has 0 bridgehead atoms. The van der Waals surface area contributed by atoms with Crippen molar-refractivity contribution in [2.45, 2.75) is 37.8 Å². The van der Waals surface area contributed by atoms with Crippen molar-refractivity contribution < 1.29 is 4.74 Å².